The molecular weight excluding hydrogens is 312 g/mol. The highest BCUT2D eigenvalue weighted by Gasteiger charge is 2.39. The van der Waals surface area contributed by atoms with E-state index in [1.54, 1.807) is 0 Å². The van der Waals surface area contributed by atoms with Crippen LogP contribution in [-0.4, -0.2) is 23.8 Å². The van der Waals surface area contributed by atoms with Gasteiger partial charge in [-0.3, -0.25) is 9.59 Å². The van der Waals surface area contributed by atoms with Crippen molar-refractivity contribution in [1.82, 2.24) is 5.32 Å². The van der Waals surface area contributed by atoms with Crippen LogP contribution in [0.5, 0.6) is 0 Å². The van der Waals surface area contributed by atoms with Gasteiger partial charge in [-0.25, -0.2) is 0 Å². The first-order valence-corrected chi connectivity index (χ1v) is 9.74. The Morgan fingerprint density at radius 2 is 1.72 bits per heavy atom. The Labute approximate surface area is 150 Å². The summed E-state index contributed by atoms with van der Waals surface area (Å²) in [5.41, 5.74) is 8.06. The third-order valence-electron chi connectivity index (χ3n) is 5.97. The van der Waals surface area contributed by atoms with E-state index in [9.17, 15) is 9.59 Å². The van der Waals surface area contributed by atoms with E-state index in [0.717, 1.165) is 32.1 Å². The van der Waals surface area contributed by atoms with Gasteiger partial charge in [-0.1, -0.05) is 37.6 Å². The number of carbonyl (C=O) groups is 2. The van der Waals surface area contributed by atoms with E-state index in [1.165, 1.54) is 12.0 Å². The summed E-state index contributed by atoms with van der Waals surface area (Å²) < 4.78 is 0. The maximum atomic E-state index is 12.4. The van der Waals surface area contributed by atoms with Crippen molar-refractivity contribution in [3.8, 4) is 0 Å². The Morgan fingerprint density at radius 3 is 2.32 bits per heavy atom. The minimum Gasteiger partial charge on any atom is -0.353 e. The molecular formula is C21H30N2O2. The fourth-order valence-electron chi connectivity index (χ4n) is 4.58. The molecule has 0 spiro atoms. The van der Waals surface area contributed by atoms with Crippen LogP contribution in [0, 0.1) is 11.8 Å². The fraction of sp³-hybridized carbons (Fsp3) is 0.619. The quantitative estimate of drug-likeness (QED) is 0.780. The van der Waals surface area contributed by atoms with Crippen molar-refractivity contribution in [1.29, 1.82) is 0 Å². The molecule has 0 aliphatic heterocycles. The van der Waals surface area contributed by atoms with Crippen molar-refractivity contribution in [2.75, 3.05) is 0 Å². The number of hydrogen-bond acceptors (Lipinski definition) is 3. The number of nitrogens with two attached hydrogens (primary N) is 1. The second-order valence-electron chi connectivity index (χ2n) is 7.75. The molecule has 2 unspecified atom stereocenters. The number of amides is 1. The Morgan fingerprint density at radius 1 is 1.08 bits per heavy atom. The van der Waals surface area contributed by atoms with E-state index in [0.29, 0.717) is 17.4 Å². The molecule has 2 aliphatic carbocycles. The van der Waals surface area contributed by atoms with Gasteiger partial charge in [0.1, 0.15) is 0 Å². The molecule has 2 fully saturated rings. The van der Waals surface area contributed by atoms with E-state index < -0.39 is 0 Å². The first-order chi connectivity index (χ1) is 12.1. The highest BCUT2D eigenvalue weighted by atomic mass is 16.2. The molecule has 2 aliphatic rings. The number of Topliss-reactive ketones (excluding diaryl/α,β-unsaturated/α-hetero) is 1. The van der Waals surface area contributed by atoms with Crippen LogP contribution in [0.3, 0.4) is 0 Å². The predicted octanol–water partition coefficient (Wildman–Crippen LogP) is 3.23. The summed E-state index contributed by atoms with van der Waals surface area (Å²) in [6, 6.07) is 8.26. The lowest BCUT2D eigenvalue weighted by molar-refractivity contribution is -0.123. The standard InChI is InChI=1S/C21H30N2O2/c1-2-14-6-8-15(9-7-14)19(24)10-11-20(25)23-21-16-4-3-5-17(21)13-18(22)12-16/h6-9,16-18,21H,2-5,10-13,22H2,1H3,(H,23,25). The van der Waals surface area contributed by atoms with Crippen LogP contribution in [0.25, 0.3) is 0 Å². The average Bonchev–Trinajstić information content (AvgIpc) is 2.60. The van der Waals surface area contributed by atoms with E-state index in [4.69, 9.17) is 5.73 Å². The number of rotatable bonds is 6. The molecule has 4 nitrogen and oxygen atoms in total. The summed E-state index contributed by atoms with van der Waals surface area (Å²) in [5, 5.41) is 3.22. The van der Waals surface area contributed by atoms with Crippen LogP contribution in [0.2, 0.25) is 0 Å². The molecule has 2 bridgehead atoms. The van der Waals surface area contributed by atoms with Crippen molar-refractivity contribution in [3.05, 3.63) is 35.4 Å². The number of benzene rings is 1. The van der Waals surface area contributed by atoms with Crippen molar-refractivity contribution in [2.45, 2.75) is 70.4 Å². The highest BCUT2D eigenvalue weighted by molar-refractivity contribution is 5.98. The number of nitrogens with one attached hydrogen (secondary N) is 1. The van der Waals surface area contributed by atoms with Gasteiger partial charge in [0.2, 0.25) is 5.91 Å². The van der Waals surface area contributed by atoms with Crippen molar-refractivity contribution < 1.29 is 9.59 Å². The van der Waals surface area contributed by atoms with Gasteiger partial charge >= 0.3 is 0 Å². The maximum Gasteiger partial charge on any atom is 0.220 e. The monoisotopic (exact) mass is 342 g/mol. The number of fused-ring (bicyclic) bond motifs is 2. The predicted molar refractivity (Wildman–Crippen MR) is 99.4 cm³/mol. The van der Waals surface area contributed by atoms with Crippen LogP contribution in [-0.2, 0) is 11.2 Å². The van der Waals surface area contributed by atoms with Crippen LogP contribution in [0.15, 0.2) is 24.3 Å². The Balaban J connectivity index is 1.50. The van der Waals surface area contributed by atoms with Crippen molar-refractivity contribution in [3.63, 3.8) is 0 Å². The molecule has 0 heterocycles. The number of hydrogen-bond donors (Lipinski definition) is 2. The Kier molecular flexibility index (Phi) is 5.89. The fourth-order valence-corrected chi connectivity index (χ4v) is 4.58. The lowest BCUT2D eigenvalue weighted by atomic mass is 9.67. The Bertz CT molecular complexity index is 597. The molecule has 136 valence electrons. The minimum absolute atomic E-state index is 0.0101. The normalized spacial score (nSPS) is 28.4. The van der Waals surface area contributed by atoms with E-state index in [2.05, 4.69) is 12.2 Å². The van der Waals surface area contributed by atoms with Gasteiger partial charge in [0.05, 0.1) is 0 Å². The van der Waals surface area contributed by atoms with Crippen molar-refractivity contribution >= 4 is 11.7 Å². The van der Waals surface area contributed by atoms with Crippen LogP contribution >= 0.6 is 0 Å². The summed E-state index contributed by atoms with van der Waals surface area (Å²) in [6.45, 7) is 2.09. The van der Waals surface area contributed by atoms with E-state index in [1.807, 2.05) is 24.3 Å². The molecule has 0 saturated heterocycles. The zero-order valence-electron chi connectivity index (χ0n) is 15.2. The average molecular weight is 342 g/mol. The second-order valence-corrected chi connectivity index (χ2v) is 7.75. The van der Waals surface area contributed by atoms with Crippen molar-refractivity contribution in [2.24, 2.45) is 17.6 Å². The molecule has 3 N–H and O–H groups in total. The largest absolute Gasteiger partial charge is 0.353 e. The summed E-state index contributed by atoms with van der Waals surface area (Å²) in [7, 11) is 0. The van der Waals surface area contributed by atoms with E-state index in [-0.39, 0.29) is 36.6 Å². The summed E-state index contributed by atoms with van der Waals surface area (Å²) in [4.78, 5) is 24.6. The van der Waals surface area contributed by atoms with Gasteiger partial charge in [-0.15, -0.1) is 0 Å². The minimum atomic E-state index is 0.0101. The molecule has 3 rings (SSSR count). The van der Waals surface area contributed by atoms with Crippen LogP contribution in [0.4, 0.5) is 0 Å². The number of aryl methyl sites for hydroxylation is 1. The van der Waals surface area contributed by atoms with Gasteiger partial charge in [0.15, 0.2) is 5.78 Å². The summed E-state index contributed by atoms with van der Waals surface area (Å²) >= 11 is 0. The number of carbonyl (C=O) groups excluding carboxylic acids is 2. The second kappa shape index (κ2) is 8.13. The van der Waals surface area contributed by atoms with Gasteiger partial charge in [-0.2, -0.15) is 0 Å². The van der Waals surface area contributed by atoms with Gasteiger partial charge in [0, 0.05) is 30.5 Å². The molecule has 4 heteroatoms. The van der Waals surface area contributed by atoms with Gasteiger partial charge < -0.3 is 11.1 Å². The molecule has 1 amide bonds. The lowest BCUT2D eigenvalue weighted by Crippen LogP contribution is -2.53. The number of ketones is 1. The van der Waals surface area contributed by atoms with Crippen LogP contribution in [0.1, 0.15) is 67.8 Å². The first kappa shape index (κ1) is 18.1. The highest BCUT2D eigenvalue weighted by Crippen LogP contribution is 2.39. The molecule has 1 aromatic rings. The van der Waals surface area contributed by atoms with E-state index >= 15 is 0 Å². The maximum absolute atomic E-state index is 12.4. The molecule has 2 atom stereocenters. The molecule has 0 radical (unpaired) electrons. The lowest BCUT2D eigenvalue weighted by Gasteiger charge is -2.45. The smallest absolute Gasteiger partial charge is 0.220 e. The zero-order chi connectivity index (χ0) is 17.8. The summed E-state index contributed by atoms with van der Waals surface area (Å²) in [6.07, 6.45) is 7.13. The third-order valence-corrected chi connectivity index (χ3v) is 5.97. The first-order valence-electron chi connectivity index (χ1n) is 9.74. The third kappa shape index (κ3) is 4.49. The van der Waals surface area contributed by atoms with Gasteiger partial charge in [0.25, 0.3) is 0 Å². The molecule has 2 saturated carbocycles. The zero-order valence-corrected chi connectivity index (χ0v) is 15.2. The SMILES string of the molecule is CCc1ccc(C(=O)CCC(=O)NC2C3CCCC2CC(N)C3)cc1. The topological polar surface area (TPSA) is 72.2 Å². The summed E-state index contributed by atoms with van der Waals surface area (Å²) in [5.74, 6) is 1.09. The molecule has 0 aromatic heterocycles. The van der Waals surface area contributed by atoms with Gasteiger partial charge in [-0.05, 0) is 49.5 Å². The molecule has 25 heavy (non-hydrogen) atoms. The Hall–Kier alpha value is -1.68. The molecule has 1 aromatic carbocycles. The van der Waals surface area contributed by atoms with Crippen LogP contribution < -0.4 is 11.1 Å².